The van der Waals surface area contributed by atoms with E-state index >= 15 is 0 Å². The van der Waals surface area contributed by atoms with Gasteiger partial charge in [-0.1, -0.05) is 0 Å². The number of piperazine rings is 1. The maximum atomic E-state index is 12.6. The third-order valence-corrected chi connectivity index (χ3v) is 4.76. The Hall–Kier alpha value is -3.22. The molecule has 0 saturated carbocycles. The highest BCUT2D eigenvalue weighted by molar-refractivity contribution is 5.92. The van der Waals surface area contributed by atoms with E-state index in [-0.39, 0.29) is 5.91 Å². The molecule has 0 atom stereocenters. The van der Waals surface area contributed by atoms with Crippen LogP contribution < -0.4 is 19.1 Å². The Kier molecular flexibility index (Phi) is 6.37. The quantitative estimate of drug-likeness (QED) is 0.714. The van der Waals surface area contributed by atoms with E-state index in [1.165, 1.54) is 0 Å². The molecule has 28 heavy (non-hydrogen) atoms. The third kappa shape index (κ3) is 4.36. The van der Waals surface area contributed by atoms with Gasteiger partial charge in [0.2, 0.25) is 5.91 Å². The molecule has 0 N–H and O–H groups in total. The van der Waals surface area contributed by atoms with Crippen molar-refractivity contribution in [1.29, 1.82) is 0 Å². The van der Waals surface area contributed by atoms with Gasteiger partial charge in [0.1, 0.15) is 5.75 Å². The number of benzene rings is 1. The monoisotopic (exact) mass is 383 g/mol. The van der Waals surface area contributed by atoms with Crippen molar-refractivity contribution in [3.8, 4) is 17.2 Å². The van der Waals surface area contributed by atoms with Gasteiger partial charge in [0.25, 0.3) is 0 Å². The number of aromatic nitrogens is 1. The minimum atomic E-state index is -0.0220. The lowest BCUT2D eigenvalue weighted by molar-refractivity contribution is -0.126. The molecule has 0 radical (unpaired) electrons. The van der Waals surface area contributed by atoms with Gasteiger partial charge in [0.15, 0.2) is 11.5 Å². The zero-order chi connectivity index (χ0) is 19.9. The lowest BCUT2D eigenvalue weighted by Crippen LogP contribution is -2.48. The van der Waals surface area contributed by atoms with E-state index in [1.807, 2.05) is 17.0 Å². The van der Waals surface area contributed by atoms with Gasteiger partial charge >= 0.3 is 0 Å². The molecule has 1 aliphatic rings. The summed E-state index contributed by atoms with van der Waals surface area (Å²) in [7, 11) is 4.73. The normalized spacial score (nSPS) is 14.2. The molecule has 2 heterocycles. The molecule has 0 spiro atoms. The molecule has 148 valence electrons. The zero-order valence-electron chi connectivity index (χ0n) is 16.4. The maximum absolute atomic E-state index is 12.6. The van der Waals surface area contributed by atoms with Crippen molar-refractivity contribution in [3.63, 3.8) is 0 Å². The molecule has 1 aromatic heterocycles. The highest BCUT2D eigenvalue weighted by Crippen LogP contribution is 2.35. The van der Waals surface area contributed by atoms with Crippen LogP contribution in [-0.2, 0) is 4.79 Å². The summed E-state index contributed by atoms with van der Waals surface area (Å²) in [6.45, 7) is 2.94. The molecule has 7 nitrogen and oxygen atoms in total. The molecule has 0 aliphatic carbocycles. The topological polar surface area (TPSA) is 64.1 Å². The molecule has 1 aliphatic heterocycles. The summed E-state index contributed by atoms with van der Waals surface area (Å²) in [4.78, 5) is 20.8. The van der Waals surface area contributed by atoms with Crippen LogP contribution in [0.1, 0.15) is 5.56 Å². The Morgan fingerprint density at radius 2 is 1.54 bits per heavy atom. The minimum absolute atomic E-state index is 0.0220. The smallest absolute Gasteiger partial charge is 0.246 e. The van der Waals surface area contributed by atoms with Gasteiger partial charge in [0.05, 0.1) is 21.3 Å². The first-order valence-electron chi connectivity index (χ1n) is 9.08. The molecular weight excluding hydrogens is 358 g/mol. The molecular formula is C21H25N3O4. The third-order valence-electron chi connectivity index (χ3n) is 4.76. The van der Waals surface area contributed by atoms with Gasteiger partial charge in [-0.25, -0.2) is 0 Å². The van der Waals surface area contributed by atoms with Crippen LogP contribution in [0.2, 0.25) is 0 Å². The van der Waals surface area contributed by atoms with Crippen LogP contribution in [0, 0.1) is 0 Å². The summed E-state index contributed by atoms with van der Waals surface area (Å²) in [6.07, 6.45) is 6.89. The first-order chi connectivity index (χ1) is 13.7. The fourth-order valence-electron chi connectivity index (χ4n) is 3.19. The van der Waals surface area contributed by atoms with Crippen LogP contribution in [0.25, 0.3) is 6.08 Å². The molecule has 0 unspecified atom stereocenters. The second kappa shape index (κ2) is 9.12. The zero-order valence-corrected chi connectivity index (χ0v) is 16.4. The number of carbonyl (C=O) groups is 1. The molecule has 7 heteroatoms. The van der Waals surface area contributed by atoms with Crippen LogP contribution in [0.5, 0.6) is 17.2 Å². The largest absolute Gasteiger partial charge is 0.496 e. The summed E-state index contributed by atoms with van der Waals surface area (Å²) in [5.41, 5.74) is 1.89. The maximum Gasteiger partial charge on any atom is 0.246 e. The molecule has 1 aromatic carbocycles. The first kappa shape index (κ1) is 19.5. The minimum Gasteiger partial charge on any atom is -0.496 e. The highest BCUT2D eigenvalue weighted by Gasteiger charge is 2.20. The Balaban J connectivity index is 1.66. The van der Waals surface area contributed by atoms with E-state index in [0.29, 0.717) is 30.3 Å². The molecule has 1 fully saturated rings. The van der Waals surface area contributed by atoms with Gasteiger partial charge in [-0.3, -0.25) is 9.78 Å². The molecule has 2 aromatic rings. The molecule has 1 amide bonds. The highest BCUT2D eigenvalue weighted by atomic mass is 16.5. The fourth-order valence-corrected chi connectivity index (χ4v) is 3.19. The predicted molar refractivity (Wildman–Crippen MR) is 108 cm³/mol. The number of methoxy groups -OCH3 is 3. The summed E-state index contributed by atoms with van der Waals surface area (Å²) in [6, 6.07) is 7.51. The number of hydrogen-bond acceptors (Lipinski definition) is 6. The Bertz CT molecular complexity index is 831. The van der Waals surface area contributed by atoms with Crippen LogP contribution >= 0.6 is 0 Å². The fraction of sp³-hybridized carbons (Fsp3) is 0.333. The summed E-state index contributed by atoms with van der Waals surface area (Å²) in [5, 5.41) is 0. The van der Waals surface area contributed by atoms with Crippen LogP contribution in [0.4, 0.5) is 5.69 Å². The number of anilines is 1. The number of carbonyl (C=O) groups excluding carboxylic acids is 1. The summed E-state index contributed by atoms with van der Waals surface area (Å²) in [5.74, 6) is 1.76. The second-order valence-electron chi connectivity index (χ2n) is 6.30. The van der Waals surface area contributed by atoms with Crippen LogP contribution in [0.15, 0.2) is 42.7 Å². The van der Waals surface area contributed by atoms with E-state index in [2.05, 4.69) is 9.88 Å². The number of pyridine rings is 1. The van der Waals surface area contributed by atoms with Gasteiger partial charge in [0, 0.05) is 62.0 Å². The summed E-state index contributed by atoms with van der Waals surface area (Å²) < 4.78 is 16.0. The van der Waals surface area contributed by atoms with E-state index < -0.39 is 0 Å². The summed E-state index contributed by atoms with van der Waals surface area (Å²) >= 11 is 0. The van der Waals surface area contributed by atoms with Gasteiger partial charge in [-0.15, -0.1) is 0 Å². The van der Waals surface area contributed by atoms with E-state index in [9.17, 15) is 4.79 Å². The molecule has 1 saturated heterocycles. The van der Waals surface area contributed by atoms with Crippen molar-refractivity contribution in [2.45, 2.75) is 0 Å². The Morgan fingerprint density at radius 3 is 2.14 bits per heavy atom. The SMILES string of the molecule is COc1cc(OC)c(OC)cc1/C=C/C(=O)N1CCN(c2ccncc2)CC1. The average molecular weight is 383 g/mol. The van der Waals surface area contributed by atoms with Crippen molar-refractivity contribution < 1.29 is 19.0 Å². The van der Waals surface area contributed by atoms with Gasteiger partial charge in [-0.05, 0) is 24.3 Å². The average Bonchev–Trinajstić information content (AvgIpc) is 2.77. The lowest BCUT2D eigenvalue weighted by Gasteiger charge is -2.35. The van der Waals surface area contributed by atoms with Crippen molar-refractivity contribution >= 4 is 17.7 Å². The van der Waals surface area contributed by atoms with Crippen molar-refractivity contribution in [2.75, 3.05) is 52.4 Å². The van der Waals surface area contributed by atoms with Crippen molar-refractivity contribution in [2.24, 2.45) is 0 Å². The van der Waals surface area contributed by atoms with Crippen molar-refractivity contribution in [1.82, 2.24) is 9.88 Å². The Labute approximate surface area is 165 Å². The van der Waals surface area contributed by atoms with Crippen LogP contribution in [-0.4, -0.2) is 63.3 Å². The lowest BCUT2D eigenvalue weighted by atomic mass is 10.1. The second-order valence-corrected chi connectivity index (χ2v) is 6.30. The van der Waals surface area contributed by atoms with Crippen LogP contribution in [0.3, 0.4) is 0 Å². The van der Waals surface area contributed by atoms with Gasteiger partial charge < -0.3 is 24.0 Å². The van der Waals surface area contributed by atoms with E-state index in [4.69, 9.17) is 14.2 Å². The number of rotatable bonds is 6. The predicted octanol–water partition coefficient (Wildman–Crippen LogP) is 2.47. The Morgan fingerprint density at radius 1 is 0.929 bits per heavy atom. The standard InChI is InChI=1S/C21H25N3O4/c1-26-18-15-20(28-3)19(27-2)14-16(18)4-5-21(25)24-12-10-23(11-13-24)17-6-8-22-9-7-17/h4-9,14-15H,10-13H2,1-3H3/b5-4+. The van der Waals surface area contributed by atoms with Crippen molar-refractivity contribution in [3.05, 3.63) is 48.3 Å². The molecule has 0 bridgehead atoms. The number of ether oxygens (including phenoxy) is 3. The first-order valence-corrected chi connectivity index (χ1v) is 9.08. The molecule has 3 rings (SSSR count). The number of hydrogen-bond donors (Lipinski definition) is 0. The number of nitrogens with zero attached hydrogens (tertiary/aromatic N) is 3. The van der Waals surface area contributed by atoms with E-state index in [1.54, 1.807) is 58.0 Å². The van der Waals surface area contributed by atoms with E-state index in [0.717, 1.165) is 24.3 Å². The number of amides is 1. The van der Waals surface area contributed by atoms with Gasteiger partial charge in [-0.2, -0.15) is 0 Å².